The predicted octanol–water partition coefficient (Wildman–Crippen LogP) is 11.6. The molecule has 0 amide bonds. The third kappa shape index (κ3) is 7.46. The Kier molecular flexibility index (Phi) is 10.2. The number of nitrogens with zero attached hydrogens (tertiary/aromatic N) is 2. The minimum Gasteiger partial charge on any atom is 0 e. The van der Waals surface area contributed by atoms with E-state index < -0.39 is 19.6 Å². The molecule has 259 valence electrons. The zero-order chi connectivity index (χ0) is 36.8. The Morgan fingerprint density at radius 2 is 1.55 bits per heavy atom. The maximum absolute atomic E-state index is 8.56. The van der Waals surface area contributed by atoms with Crippen molar-refractivity contribution in [2.24, 2.45) is 10.9 Å². The zero-order valence-electron chi connectivity index (χ0n) is 32.3. The van der Waals surface area contributed by atoms with Gasteiger partial charge in [-0.25, -0.2) is 0 Å². The van der Waals surface area contributed by atoms with Crippen LogP contribution in [0.3, 0.4) is 0 Å². The van der Waals surface area contributed by atoms with Crippen molar-refractivity contribution in [1.29, 1.82) is 0 Å². The summed E-state index contributed by atoms with van der Waals surface area (Å²) in [5.74, 6) is 6.84. The van der Waals surface area contributed by atoms with E-state index in [4.69, 9.17) is 12.2 Å². The molecule has 8 rings (SSSR count). The topological polar surface area (TPSA) is 38.4 Å². The van der Waals surface area contributed by atoms with E-state index in [1.165, 1.54) is 22.3 Å². The minimum absolute atomic E-state index is 0. The molecule has 7 aromatic rings. The van der Waals surface area contributed by atoms with Crippen molar-refractivity contribution in [2.45, 2.75) is 57.3 Å². The number of fused-ring (bicyclic) bond motifs is 4. The van der Waals surface area contributed by atoms with E-state index in [-0.39, 0.29) is 31.9 Å². The second kappa shape index (κ2) is 15.3. The molecule has 0 saturated carbocycles. The number of hydrogen-bond acceptors (Lipinski definition) is 3. The maximum atomic E-state index is 8.56. The first-order valence-electron chi connectivity index (χ1n) is 18.4. The molecule has 5 aromatic carbocycles. The molecule has 3 heterocycles. The number of pyridine rings is 1. The second-order valence-electron chi connectivity index (χ2n) is 14.4. The van der Waals surface area contributed by atoms with E-state index in [1.807, 2.05) is 68.6 Å². The maximum Gasteiger partial charge on any atom is 0 e. The molecular weight excluding hydrogens is 861 g/mol. The Balaban J connectivity index is 0.000000188. The third-order valence-electron chi connectivity index (χ3n) is 9.33. The molecule has 2 aromatic heterocycles. The Hall–Kier alpha value is -4.09. The molecule has 1 atom stereocenters. The van der Waals surface area contributed by atoms with E-state index in [2.05, 4.69) is 109 Å². The summed E-state index contributed by atoms with van der Waals surface area (Å²) in [4.78, 5) is 9.71. The van der Waals surface area contributed by atoms with Gasteiger partial charge in [0.25, 0.3) is 0 Å². The molecule has 5 heteroatoms. The molecule has 0 aliphatic carbocycles. The van der Waals surface area contributed by atoms with E-state index in [9.17, 15) is 0 Å². The van der Waals surface area contributed by atoms with Crippen LogP contribution in [0, 0.1) is 31.9 Å². The number of para-hydroxylation sites is 2. The number of aliphatic imine (C=N–C) groups is 1. The Morgan fingerprint density at radius 1 is 0.824 bits per heavy atom. The molecule has 1 aliphatic heterocycles. The standard InChI is InChI=1S/C28H20NO.C18H24GeN.Ir/c1-17-9-7-10-18(2)25(17)26-21-12-3-5-15-23(21)29-27(26)22-14-8-13-20-19-11-4-6-16-24(19)30-28(20)22;1-14(2)11-16-12-18(15-9-7-6-8-10-15)20-13-17(16)19(3,4)5;/h3-13,15-16,26H,1-2H3;6-9,12-14H,11H2,1-5H3;/q2*-1;/i;11D2;. The van der Waals surface area contributed by atoms with Gasteiger partial charge in [0.2, 0.25) is 0 Å². The minimum atomic E-state index is -2.20. The summed E-state index contributed by atoms with van der Waals surface area (Å²) in [6.45, 7) is 8.25. The molecule has 0 fully saturated rings. The van der Waals surface area contributed by atoms with Crippen LogP contribution in [0.1, 0.15) is 55.9 Å². The number of furan rings is 1. The van der Waals surface area contributed by atoms with E-state index in [0.717, 1.165) is 60.1 Å². The van der Waals surface area contributed by atoms with E-state index in [0.29, 0.717) is 0 Å². The largest absolute Gasteiger partial charge is 0 e. The molecule has 0 spiro atoms. The van der Waals surface area contributed by atoms with Crippen molar-refractivity contribution >= 4 is 51.0 Å². The molecule has 0 bridgehead atoms. The summed E-state index contributed by atoms with van der Waals surface area (Å²) in [7, 11) is 0. The van der Waals surface area contributed by atoms with Crippen molar-refractivity contribution in [3.63, 3.8) is 0 Å². The van der Waals surface area contributed by atoms with E-state index in [1.54, 1.807) is 0 Å². The average Bonchev–Trinajstić information content (AvgIpc) is 3.70. The monoisotopic (exact) mass is 909 g/mol. The van der Waals surface area contributed by atoms with Crippen LogP contribution in [0.4, 0.5) is 5.69 Å². The Morgan fingerprint density at radius 3 is 2.27 bits per heavy atom. The molecule has 1 aliphatic rings. The fourth-order valence-corrected chi connectivity index (χ4v) is 9.96. The molecule has 1 radical (unpaired) electrons. The van der Waals surface area contributed by atoms with Gasteiger partial charge in [0.1, 0.15) is 5.58 Å². The second-order valence-corrected chi connectivity index (χ2v) is 25.0. The van der Waals surface area contributed by atoms with Crippen molar-refractivity contribution in [3.05, 3.63) is 161 Å². The van der Waals surface area contributed by atoms with Gasteiger partial charge in [0.15, 0.2) is 0 Å². The summed E-state index contributed by atoms with van der Waals surface area (Å²) in [5, 5.41) is 2.24. The fourth-order valence-electron chi connectivity index (χ4n) is 7.01. The van der Waals surface area contributed by atoms with Gasteiger partial charge in [-0.05, 0) is 53.9 Å². The van der Waals surface area contributed by atoms with Crippen LogP contribution in [0.15, 0.2) is 125 Å². The molecule has 0 saturated heterocycles. The van der Waals surface area contributed by atoms with Gasteiger partial charge in [0.05, 0.1) is 11.3 Å². The van der Waals surface area contributed by atoms with Crippen molar-refractivity contribution in [2.75, 3.05) is 0 Å². The van der Waals surface area contributed by atoms with Crippen LogP contribution in [-0.2, 0) is 26.5 Å². The van der Waals surface area contributed by atoms with E-state index >= 15 is 0 Å². The first-order chi connectivity index (χ1) is 24.9. The smallest absolute Gasteiger partial charge is 0 e. The zero-order valence-corrected chi connectivity index (χ0v) is 34.8. The van der Waals surface area contributed by atoms with Gasteiger partial charge in [0, 0.05) is 31.4 Å². The van der Waals surface area contributed by atoms with Gasteiger partial charge in [-0.15, -0.1) is 18.2 Å². The number of aromatic nitrogens is 1. The molecule has 51 heavy (non-hydrogen) atoms. The van der Waals surface area contributed by atoms with Crippen LogP contribution < -0.4 is 4.40 Å². The van der Waals surface area contributed by atoms with Gasteiger partial charge in [-0.3, -0.25) is 4.99 Å². The van der Waals surface area contributed by atoms with Crippen molar-refractivity contribution < 1.29 is 27.3 Å². The third-order valence-corrected chi connectivity index (χ3v) is 13.6. The van der Waals surface area contributed by atoms with Crippen LogP contribution in [0.5, 0.6) is 0 Å². The van der Waals surface area contributed by atoms with Gasteiger partial charge < -0.3 is 4.42 Å². The first kappa shape index (κ1) is 34.0. The molecule has 3 nitrogen and oxygen atoms in total. The van der Waals surface area contributed by atoms with Gasteiger partial charge >= 0.3 is 128 Å². The van der Waals surface area contributed by atoms with Crippen molar-refractivity contribution in [3.8, 4) is 11.3 Å². The van der Waals surface area contributed by atoms with Crippen molar-refractivity contribution in [1.82, 2.24) is 4.98 Å². The van der Waals surface area contributed by atoms with Crippen LogP contribution in [0.25, 0.3) is 33.2 Å². The number of aryl methyl sites for hydroxylation is 2. The van der Waals surface area contributed by atoms with Crippen LogP contribution in [0.2, 0.25) is 17.3 Å². The predicted molar refractivity (Wildman–Crippen MR) is 213 cm³/mol. The Bertz CT molecular complexity index is 2430. The summed E-state index contributed by atoms with van der Waals surface area (Å²) in [6.07, 6.45) is 0.562. The van der Waals surface area contributed by atoms with Crippen LogP contribution >= 0.6 is 0 Å². The molecule has 1 unspecified atom stereocenters. The molecular formula is C46H44GeIrN2O-2. The number of hydrogen-bond donors (Lipinski definition) is 0. The first-order valence-corrected chi connectivity index (χ1v) is 24.7. The summed E-state index contributed by atoms with van der Waals surface area (Å²) in [5.41, 5.74) is 12.4. The molecule has 0 N–H and O–H groups in total. The quantitative estimate of drug-likeness (QED) is 0.123. The summed E-state index contributed by atoms with van der Waals surface area (Å²) < 4.78 is 24.6. The van der Waals surface area contributed by atoms with Gasteiger partial charge in [-0.1, -0.05) is 65.5 Å². The fraction of sp³-hybridized carbons (Fsp3) is 0.217. The number of benzene rings is 5. The average molecular weight is 908 g/mol. The number of rotatable bonds is 6. The Labute approximate surface area is 321 Å². The summed E-state index contributed by atoms with van der Waals surface area (Å²) in [6, 6.07) is 43.5. The normalized spacial score (nSPS) is 14.7. The summed E-state index contributed by atoms with van der Waals surface area (Å²) >= 11 is -2.20. The van der Waals surface area contributed by atoms with Crippen LogP contribution in [-0.4, -0.2) is 24.0 Å². The SMILES string of the molecule is Cc1cccc(C)c1C1C(c2[c-]ccc3c2oc2ccccc23)=Nc2ccccc21.[2H]C([2H])(c1cc(-c2[c-]cccc2)nc[c]1[Ge]([CH3])([CH3])[CH3])C(C)C.[Ir]. The van der Waals surface area contributed by atoms with Gasteiger partial charge in [-0.2, -0.15) is 0 Å².